The highest BCUT2D eigenvalue weighted by Crippen LogP contribution is 2.24. The average molecular weight is 359 g/mol. The molecule has 1 amide bonds. The average Bonchev–Trinajstić information content (AvgIpc) is 2.63. The number of hydrogen-bond acceptors (Lipinski definition) is 2. The van der Waals surface area contributed by atoms with Crippen molar-refractivity contribution in [3.05, 3.63) is 71.8 Å². The van der Waals surface area contributed by atoms with Gasteiger partial charge in [-0.3, -0.25) is 4.79 Å². The van der Waals surface area contributed by atoms with Gasteiger partial charge in [0.05, 0.1) is 0 Å². The van der Waals surface area contributed by atoms with E-state index in [2.05, 4.69) is 66.1 Å². The zero-order valence-electron chi connectivity index (χ0n) is 14.7. The van der Waals surface area contributed by atoms with Gasteiger partial charge < -0.3 is 10.6 Å². The van der Waals surface area contributed by atoms with Crippen molar-refractivity contribution in [2.24, 2.45) is 5.92 Å². The van der Waals surface area contributed by atoms with Crippen molar-refractivity contribution in [2.75, 3.05) is 13.1 Å². The molecule has 0 radical (unpaired) electrons. The third-order valence-electron chi connectivity index (χ3n) is 4.88. The topological polar surface area (TPSA) is 41.1 Å². The van der Waals surface area contributed by atoms with E-state index >= 15 is 0 Å². The summed E-state index contributed by atoms with van der Waals surface area (Å²) in [7, 11) is 0. The van der Waals surface area contributed by atoms with Gasteiger partial charge in [-0.2, -0.15) is 0 Å². The van der Waals surface area contributed by atoms with E-state index in [9.17, 15) is 4.79 Å². The molecule has 2 aromatic carbocycles. The van der Waals surface area contributed by atoms with Crippen molar-refractivity contribution >= 4 is 18.3 Å². The minimum absolute atomic E-state index is 0. The number of carbonyl (C=O) groups excluding carboxylic acids is 1. The fourth-order valence-corrected chi connectivity index (χ4v) is 3.52. The first-order chi connectivity index (χ1) is 11.7. The van der Waals surface area contributed by atoms with Gasteiger partial charge in [-0.1, -0.05) is 60.7 Å². The van der Waals surface area contributed by atoms with Crippen LogP contribution in [0.15, 0.2) is 60.7 Å². The zero-order chi connectivity index (χ0) is 16.8. The lowest BCUT2D eigenvalue weighted by atomic mass is 9.90. The van der Waals surface area contributed by atoms with Crippen LogP contribution in [0.3, 0.4) is 0 Å². The third-order valence-corrected chi connectivity index (χ3v) is 4.88. The van der Waals surface area contributed by atoms with Crippen molar-refractivity contribution in [3.63, 3.8) is 0 Å². The molecule has 0 aromatic heterocycles. The monoisotopic (exact) mass is 358 g/mol. The predicted octanol–water partition coefficient (Wildman–Crippen LogP) is 3.74. The molecule has 1 heterocycles. The highest BCUT2D eigenvalue weighted by Gasteiger charge is 2.25. The number of carbonyl (C=O) groups is 1. The van der Waals surface area contributed by atoms with Crippen LogP contribution in [0.2, 0.25) is 0 Å². The molecule has 0 saturated carbocycles. The molecule has 3 rings (SSSR count). The lowest BCUT2D eigenvalue weighted by Crippen LogP contribution is -2.43. The second-order valence-electron chi connectivity index (χ2n) is 6.70. The Balaban J connectivity index is 0.00000225. The van der Waals surface area contributed by atoms with Crippen LogP contribution in [0.4, 0.5) is 0 Å². The number of benzene rings is 2. The molecule has 2 aromatic rings. The molecular weight excluding hydrogens is 332 g/mol. The Labute approximate surface area is 156 Å². The Morgan fingerprint density at radius 3 is 2.16 bits per heavy atom. The first-order valence-electron chi connectivity index (χ1n) is 8.85. The summed E-state index contributed by atoms with van der Waals surface area (Å²) in [6.07, 6.45) is 1.85. The van der Waals surface area contributed by atoms with Crippen molar-refractivity contribution in [2.45, 2.75) is 31.7 Å². The molecule has 1 aliphatic rings. The third kappa shape index (κ3) is 5.32. The SMILES string of the molecule is C[C@H]1C[C@@H](C(=O)NCC(c2ccccc2)c2ccccc2)CCN1.Cl. The number of piperidine rings is 1. The molecule has 134 valence electrons. The quantitative estimate of drug-likeness (QED) is 0.854. The van der Waals surface area contributed by atoms with E-state index < -0.39 is 0 Å². The van der Waals surface area contributed by atoms with Gasteiger partial charge in [0.2, 0.25) is 5.91 Å². The largest absolute Gasteiger partial charge is 0.355 e. The number of hydrogen-bond donors (Lipinski definition) is 2. The zero-order valence-corrected chi connectivity index (χ0v) is 15.5. The van der Waals surface area contributed by atoms with Crippen LogP contribution in [0.25, 0.3) is 0 Å². The van der Waals surface area contributed by atoms with E-state index in [0.29, 0.717) is 12.6 Å². The second kappa shape index (κ2) is 9.59. The molecule has 4 heteroatoms. The van der Waals surface area contributed by atoms with E-state index in [1.54, 1.807) is 0 Å². The molecule has 2 atom stereocenters. The van der Waals surface area contributed by atoms with Crippen molar-refractivity contribution in [1.82, 2.24) is 10.6 Å². The van der Waals surface area contributed by atoms with Gasteiger partial charge in [-0.25, -0.2) is 0 Å². The van der Waals surface area contributed by atoms with Gasteiger partial charge in [0.1, 0.15) is 0 Å². The fraction of sp³-hybridized carbons (Fsp3) is 0.381. The Kier molecular flexibility index (Phi) is 7.48. The van der Waals surface area contributed by atoms with Crippen LogP contribution >= 0.6 is 12.4 Å². The van der Waals surface area contributed by atoms with Crippen molar-refractivity contribution in [3.8, 4) is 0 Å². The Morgan fingerprint density at radius 2 is 1.64 bits per heavy atom. The fourth-order valence-electron chi connectivity index (χ4n) is 3.52. The van der Waals surface area contributed by atoms with Gasteiger partial charge in [0.15, 0.2) is 0 Å². The minimum atomic E-state index is 0. The molecular formula is C21H27ClN2O. The van der Waals surface area contributed by atoms with Crippen LogP contribution in [-0.2, 0) is 4.79 Å². The van der Waals surface area contributed by atoms with E-state index in [4.69, 9.17) is 0 Å². The standard InChI is InChI=1S/C21H26N2O.ClH/c1-16-14-19(12-13-22-16)21(24)23-15-20(17-8-4-2-5-9-17)18-10-6-3-7-11-18;/h2-11,16,19-20,22H,12-15H2,1H3,(H,23,24);1H/t16-,19-;/m0./s1. The van der Waals surface area contributed by atoms with E-state index in [0.717, 1.165) is 19.4 Å². The summed E-state index contributed by atoms with van der Waals surface area (Å²) in [5.74, 6) is 0.518. The van der Waals surface area contributed by atoms with Gasteiger partial charge in [0.25, 0.3) is 0 Å². The molecule has 3 nitrogen and oxygen atoms in total. The van der Waals surface area contributed by atoms with Gasteiger partial charge in [-0.15, -0.1) is 12.4 Å². The maximum Gasteiger partial charge on any atom is 0.223 e. The van der Waals surface area contributed by atoms with E-state index in [1.807, 2.05) is 12.1 Å². The van der Waals surface area contributed by atoms with Crippen LogP contribution in [0.1, 0.15) is 36.8 Å². The highest BCUT2D eigenvalue weighted by molar-refractivity contribution is 5.85. The summed E-state index contributed by atoms with van der Waals surface area (Å²) < 4.78 is 0. The first kappa shape index (κ1) is 19.5. The van der Waals surface area contributed by atoms with Crippen molar-refractivity contribution in [1.29, 1.82) is 0 Å². The number of nitrogens with one attached hydrogen (secondary N) is 2. The summed E-state index contributed by atoms with van der Waals surface area (Å²) in [4.78, 5) is 12.6. The van der Waals surface area contributed by atoms with Gasteiger partial charge in [-0.05, 0) is 37.4 Å². The molecule has 2 N–H and O–H groups in total. The number of rotatable bonds is 5. The van der Waals surface area contributed by atoms with Crippen LogP contribution in [0, 0.1) is 5.92 Å². The van der Waals surface area contributed by atoms with Crippen LogP contribution < -0.4 is 10.6 Å². The summed E-state index contributed by atoms with van der Waals surface area (Å²) in [6, 6.07) is 21.3. The minimum Gasteiger partial charge on any atom is -0.355 e. The maximum absolute atomic E-state index is 12.6. The Bertz CT molecular complexity index is 608. The molecule has 1 saturated heterocycles. The predicted molar refractivity (Wildman–Crippen MR) is 105 cm³/mol. The molecule has 0 spiro atoms. The Hall–Kier alpha value is -1.84. The molecule has 1 fully saturated rings. The van der Waals surface area contributed by atoms with Gasteiger partial charge >= 0.3 is 0 Å². The molecule has 25 heavy (non-hydrogen) atoms. The summed E-state index contributed by atoms with van der Waals surface area (Å²) in [5.41, 5.74) is 2.48. The lowest BCUT2D eigenvalue weighted by Gasteiger charge is -2.28. The summed E-state index contributed by atoms with van der Waals surface area (Å²) in [5, 5.41) is 6.61. The summed E-state index contributed by atoms with van der Waals surface area (Å²) >= 11 is 0. The molecule has 0 bridgehead atoms. The maximum atomic E-state index is 12.6. The molecule has 1 aliphatic heterocycles. The van der Waals surface area contributed by atoms with Gasteiger partial charge in [0, 0.05) is 24.4 Å². The highest BCUT2D eigenvalue weighted by atomic mass is 35.5. The van der Waals surface area contributed by atoms with E-state index in [-0.39, 0.29) is 30.2 Å². The molecule has 0 unspecified atom stereocenters. The lowest BCUT2D eigenvalue weighted by molar-refractivity contribution is -0.126. The Morgan fingerprint density at radius 1 is 1.08 bits per heavy atom. The molecule has 0 aliphatic carbocycles. The number of halogens is 1. The summed E-state index contributed by atoms with van der Waals surface area (Å²) in [6.45, 7) is 3.72. The van der Waals surface area contributed by atoms with Crippen LogP contribution in [-0.4, -0.2) is 25.0 Å². The first-order valence-corrected chi connectivity index (χ1v) is 8.85. The van der Waals surface area contributed by atoms with Crippen LogP contribution in [0.5, 0.6) is 0 Å². The number of amides is 1. The smallest absolute Gasteiger partial charge is 0.223 e. The van der Waals surface area contributed by atoms with E-state index in [1.165, 1.54) is 11.1 Å². The van der Waals surface area contributed by atoms with Crippen molar-refractivity contribution < 1.29 is 4.79 Å². The second-order valence-corrected chi connectivity index (χ2v) is 6.70. The normalized spacial score (nSPS) is 19.9.